The van der Waals surface area contributed by atoms with Crippen LogP contribution in [0.3, 0.4) is 0 Å². The van der Waals surface area contributed by atoms with E-state index < -0.39 is 0 Å². The summed E-state index contributed by atoms with van der Waals surface area (Å²) in [5.74, 6) is 0. The van der Waals surface area contributed by atoms with E-state index in [-0.39, 0.29) is 0 Å². The summed E-state index contributed by atoms with van der Waals surface area (Å²) in [6, 6.07) is 2.92. The molecule has 1 aliphatic carbocycles. The maximum absolute atomic E-state index is 5.96. The van der Waals surface area contributed by atoms with E-state index in [1.54, 1.807) is 11.3 Å². The summed E-state index contributed by atoms with van der Waals surface area (Å²) in [6.07, 6.45) is 3.62. The first-order valence-electron chi connectivity index (χ1n) is 4.52. The lowest BCUT2D eigenvalue weighted by Crippen LogP contribution is -2.34. The molecule has 2 unspecified atom stereocenters. The molecule has 1 aromatic rings. The number of nitrogens with one attached hydrogen (secondary N) is 1. The first-order chi connectivity index (χ1) is 6.25. The predicted octanol–water partition coefficient (Wildman–Crippen LogP) is 2.80. The topological polar surface area (TPSA) is 38.0 Å². The molecule has 0 aliphatic heterocycles. The molecule has 2 nitrogen and oxygen atoms in total. The van der Waals surface area contributed by atoms with Gasteiger partial charge in [0.15, 0.2) is 0 Å². The van der Waals surface area contributed by atoms with Gasteiger partial charge in [-0.2, -0.15) is 0 Å². The summed E-state index contributed by atoms with van der Waals surface area (Å²) in [4.78, 5) is 0. The largest absolute Gasteiger partial charge is 0.373 e. The molecule has 0 spiro atoms. The summed E-state index contributed by atoms with van der Waals surface area (Å²) in [7, 11) is 0. The SMILES string of the molecule is NC1CCCC1Nc1cc(Br)cs1. The normalized spacial score (nSPS) is 27.8. The standard InChI is InChI=1S/C9H13BrN2S/c10-6-4-9(13-5-6)12-8-3-1-2-7(8)11/h4-5,7-8,12H,1-3,11H2. The van der Waals surface area contributed by atoms with Gasteiger partial charge in [-0.15, -0.1) is 11.3 Å². The molecule has 1 aromatic heterocycles. The number of anilines is 1. The zero-order valence-corrected chi connectivity index (χ0v) is 9.70. The minimum Gasteiger partial charge on any atom is -0.373 e. The maximum Gasteiger partial charge on any atom is 0.0896 e. The van der Waals surface area contributed by atoms with Crippen molar-refractivity contribution in [1.82, 2.24) is 0 Å². The molecule has 0 aromatic carbocycles. The lowest BCUT2D eigenvalue weighted by molar-refractivity contribution is 0.639. The second kappa shape index (κ2) is 3.98. The van der Waals surface area contributed by atoms with Crippen LogP contribution in [-0.2, 0) is 0 Å². The van der Waals surface area contributed by atoms with Gasteiger partial charge in [0.1, 0.15) is 0 Å². The Bertz CT molecular complexity index is 287. The van der Waals surface area contributed by atoms with Crippen molar-refractivity contribution in [2.45, 2.75) is 31.3 Å². The smallest absolute Gasteiger partial charge is 0.0896 e. The van der Waals surface area contributed by atoms with E-state index in [0.29, 0.717) is 12.1 Å². The average Bonchev–Trinajstić information content (AvgIpc) is 2.64. The Morgan fingerprint density at radius 3 is 2.92 bits per heavy atom. The van der Waals surface area contributed by atoms with Gasteiger partial charge in [-0.1, -0.05) is 0 Å². The summed E-state index contributed by atoms with van der Waals surface area (Å²) in [6.45, 7) is 0. The molecule has 3 N–H and O–H groups in total. The molecule has 2 rings (SSSR count). The number of hydrogen-bond donors (Lipinski definition) is 2. The van der Waals surface area contributed by atoms with Crippen LogP contribution in [0.1, 0.15) is 19.3 Å². The molecule has 0 bridgehead atoms. The Labute approximate surface area is 90.6 Å². The Morgan fingerprint density at radius 2 is 2.38 bits per heavy atom. The maximum atomic E-state index is 5.96. The summed E-state index contributed by atoms with van der Waals surface area (Å²) in [5.41, 5.74) is 5.96. The second-order valence-corrected chi connectivity index (χ2v) is 5.30. The highest BCUT2D eigenvalue weighted by Gasteiger charge is 2.23. The molecule has 0 saturated heterocycles. The highest BCUT2D eigenvalue weighted by Crippen LogP contribution is 2.28. The summed E-state index contributed by atoms with van der Waals surface area (Å²) >= 11 is 5.16. The Hall–Kier alpha value is -0.0600. The van der Waals surface area contributed by atoms with Crippen molar-refractivity contribution in [2.75, 3.05) is 5.32 Å². The molecule has 1 heterocycles. The van der Waals surface area contributed by atoms with Crippen molar-refractivity contribution in [2.24, 2.45) is 5.73 Å². The van der Waals surface area contributed by atoms with Gasteiger partial charge in [0.05, 0.1) is 5.00 Å². The van der Waals surface area contributed by atoms with Gasteiger partial charge in [-0.3, -0.25) is 0 Å². The average molecular weight is 261 g/mol. The molecule has 0 amide bonds. The van der Waals surface area contributed by atoms with Crippen molar-refractivity contribution in [3.8, 4) is 0 Å². The molecule has 2 atom stereocenters. The first-order valence-corrected chi connectivity index (χ1v) is 6.19. The molecule has 0 radical (unpaired) electrons. The van der Waals surface area contributed by atoms with Crippen LogP contribution in [0, 0.1) is 0 Å². The van der Waals surface area contributed by atoms with Crippen molar-refractivity contribution in [3.05, 3.63) is 15.9 Å². The summed E-state index contributed by atoms with van der Waals surface area (Å²) in [5, 5.41) is 6.78. The third kappa shape index (κ3) is 2.24. The van der Waals surface area contributed by atoms with Crippen LogP contribution in [0.2, 0.25) is 0 Å². The van der Waals surface area contributed by atoms with Crippen molar-refractivity contribution in [1.29, 1.82) is 0 Å². The van der Waals surface area contributed by atoms with E-state index in [4.69, 9.17) is 5.73 Å². The van der Waals surface area contributed by atoms with E-state index in [1.807, 2.05) is 0 Å². The number of rotatable bonds is 2. The van der Waals surface area contributed by atoms with Crippen LogP contribution < -0.4 is 11.1 Å². The summed E-state index contributed by atoms with van der Waals surface area (Å²) < 4.78 is 1.14. The minimum atomic E-state index is 0.334. The number of thiophene rings is 1. The number of halogens is 1. The van der Waals surface area contributed by atoms with Crippen LogP contribution in [0.4, 0.5) is 5.00 Å². The van der Waals surface area contributed by atoms with E-state index in [1.165, 1.54) is 17.8 Å². The van der Waals surface area contributed by atoms with Crippen molar-refractivity contribution < 1.29 is 0 Å². The van der Waals surface area contributed by atoms with Gasteiger partial charge < -0.3 is 11.1 Å². The fourth-order valence-corrected chi connectivity index (χ4v) is 3.12. The van der Waals surface area contributed by atoms with E-state index in [0.717, 1.165) is 10.9 Å². The van der Waals surface area contributed by atoms with Gasteiger partial charge in [-0.25, -0.2) is 0 Å². The first kappa shape index (κ1) is 9.49. The van der Waals surface area contributed by atoms with Crippen molar-refractivity contribution in [3.63, 3.8) is 0 Å². The van der Waals surface area contributed by atoms with Gasteiger partial charge >= 0.3 is 0 Å². The Kier molecular flexibility index (Phi) is 2.91. The third-order valence-corrected chi connectivity index (χ3v) is 4.09. The zero-order valence-electron chi connectivity index (χ0n) is 7.29. The molecule has 13 heavy (non-hydrogen) atoms. The van der Waals surface area contributed by atoms with E-state index in [9.17, 15) is 0 Å². The van der Waals surface area contributed by atoms with Crippen molar-refractivity contribution >= 4 is 32.3 Å². The van der Waals surface area contributed by atoms with Gasteiger partial charge in [0, 0.05) is 21.9 Å². The van der Waals surface area contributed by atoms with Crippen LogP contribution in [0.5, 0.6) is 0 Å². The number of hydrogen-bond acceptors (Lipinski definition) is 3. The van der Waals surface area contributed by atoms with Gasteiger partial charge in [0.25, 0.3) is 0 Å². The Balaban J connectivity index is 1.97. The van der Waals surface area contributed by atoms with Gasteiger partial charge in [0.2, 0.25) is 0 Å². The predicted molar refractivity (Wildman–Crippen MR) is 61.3 cm³/mol. The highest BCUT2D eigenvalue weighted by atomic mass is 79.9. The number of nitrogens with two attached hydrogens (primary N) is 1. The molecule has 1 saturated carbocycles. The second-order valence-electron chi connectivity index (χ2n) is 3.47. The zero-order chi connectivity index (χ0) is 9.26. The van der Waals surface area contributed by atoms with Crippen LogP contribution in [0.25, 0.3) is 0 Å². The Morgan fingerprint density at radius 1 is 1.54 bits per heavy atom. The van der Waals surface area contributed by atoms with Crippen LogP contribution in [-0.4, -0.2) is 12.1 Å². The quantitative estimate of drug-likeness (QED) is 0.859. The third-order valence-electron chi connectivity index (χ3n) is 2.46. The monoisotopic (exact) mass is 260 g/mol. The highest BCUT2D eigenvalue weighted by molar-refractivity contribution is 9.10. The minimum absolute atomic E-state index is 0.334. The van der Waals surface area contributed by atoms with E-state index in [2.05, 4.69) is 32.7 Å². The molecule has 1 aliphatic rings. The lowest BCUT2D eigenvalue weighted by Gasteiger charge is -2.16. The molecular weight excluding hydrogens is 248 g/mol. The van der Waals surface area contributed by atoms with Gasteiger partial charge in [-0.05, 0) is 41.3 Å². The molecule has 4 heteroatoms. The van der Waals surface area contributed by atoms with Crippen LogP contribution >= 0.6 is 27.3 Å². The fraction of sp³-hybridized carbons (Fsp3) is 0.556. The van der Waals surface area contributed by atoms with Crippen LogP contribution in [0.15, 0.2) is 15.9 Å². The van der Waals surface area contributed by atoms with E-state index >= 15 is 0 Å². The molecular formula is C9H13BrN2S. The molecule has 72 valence electrons. The molecule has 1 fully saturated rings. The lowest BCUT2D eigenvalue weighted by atomic mass is 10.2. The fourth-order valence-electron chi connectivity index (χ4n) is 1.74.